The van der Waals surface area contributed by atoms with E-state index in [1.165, 1.54) is 6.92 Å². The number of carbonyl (C=O) groups is 1. The summed E-state index contributed by atoms with van der Waals surface area (Å²) in [6.07, 6.45) is 1.20. The van der Waals surface area contributed by atoms with E-state index in [1.807, 2.05) is 6.07 Å². The van der Waals surface area contributed by atoms with Crippen molar-refractivity contribution >= 4 is 23.3 Å². The number of anilines is 1. The first-order chi connectivity index (χ1) is 17.3. The van der Waals surface area contributed by atoms with Crippen LogP contribution in [0.25, 0.3) is 11.1 Å². The van der Waals surface area contributed by atoms with Gasteiger partial charge in [0, 0.05) is 42.5 Å². The summed E-state index contributed by atoms with van der Waals surface area (Å²) in [6, 6.07) is 8.90. The van der Waals surface area contributed by atoms with Gasteiger partial charge in [-0.2, -0.15) is 0 Å². The smallest absolute Gasteiger partial charge is 0.248 e. The summed E-state index contributed by atoms with van der Waals surface area (Å²) in [5, 5.41) is -0.357. The molecule has 0 spiro atoms. The number of nitrogens with zero attached hydrogens (tertiary/aromatic N) is 2. The number of halogens is 3. The predicted molar refractivity (Wildman–Crippen MR) is 134 cm³/mol. The lowest BCUT2D eigenvalue weighted by Crippen LogP contribution is -2.37. The van der Waals surface area contributed by atoms with Crippen LogP contribution < -0.4 is 16.2 Å². The Kier molecular flexibility index (Phi) is 8.03. The molecule has 2 heterocycles. The molecule has 0 aliphatic carbocycles. The average molecular weight is 517 g/mol. The van der Waals surface area contributed by atoms with Crippen LogP contribution in [0.1, 0.15) is 34.5 Å². The van der Waals surface area contributed by atoms with E-state index in [0.29, 0.717) is 30.8 Å². The zero-order chi connectivity index (χ0) is 25.8. The molecule has 4 rings (SSSR count). The molecular weight excluding hydrogens is 490 g/mol. The number of primary amides is 1. The molecule has 7 nitrogen and oxygen atoms in total. The fourth-order valence-electron chi connectivity index (χ4n) is 4.31. The fraction of sp³-hybridized carbons (Fsp3) is 0.308. The Labute approximate surface area is 213 Å². The van der Waals surface area contributed by atoms with E-state index in [2.05, 4.69) is 9.88 Å². The number of hydrogen-bond acceptors (Lipinski definition) is 6. The summed E-state index contributed by atoms with van der Waals surface area (Å²) in [5.74, 6) is -1.74. The molecule has 1 aliphatic heterocycles. The van der Waals surface area contributed by atoms with Crippen molar-refractivity contribution in [2.24, 2.45) is 5.73 Å². The monoisotopic (exact) mass is 516 g/mol. The van der Waals surface area contributed by atoms with Gasteiger partial charge in [-0.3, -0.25) is 9.69 Å². The van der Waals surface area contributed by atoms with Crippen LogP contribution in [0.3, 0.4) is 0 Å². The van der Waals surface area contributed by atoms with E-state index in [4.69, 9.17) is 32.5 Å². The van der Waals surface area contributed by atoms with E-state index in [-0.39, 0.29) is 22.2 Å². The molecule has 1 atom stereocenters. The van der Waals surface area contributed by atoms with Crippen LogP contribution in [0.5, 0.6) is 5.75 Å². The highest BCUT2D eigenvalue weighted by atomic mass is 35.5. The van der Waals surface area contributed by atoms with E-state index in [0.717, 1.165) is 42.9 Å². The Morgan fingerprint density at radius 2 is 1.94 bits per heavy atom. The lowest BCUT2D eigenvalue weighted by molar-refractivity contribution is 0.0384. The van der Waals surface area contributed by atoms with Gasteiger partial charge in [-0.25, -0.2) is 13.8 Å². The number of nitrogen functional groups attached to an aromatic ring is 1. The molecule has 1 aliphatic rings. The molecular formula is C26H27ClF2N4O3. The van der Waals surface area contributed by atoms with Crippen molar-refractivity contribution in [2.75, 3.05) is 38.6 Å². The Morgan fingerprint density at radius 3 is 2.67 bits per heavy atom. The number of aromatic nitrogens is 1. The standard InChI is InChI=1S/C26H27ClF2N4O3/c1-15(23-20(28)5-6-21(29)24(23)27)36-22-13-16(14-32-25(22)30)17-3-2-4-19(26(31)34)18(17)7-8-33-9-11-35-12-10-33/h2-6,13-15H,7-12H2,1H3,(H2,30,32)(H2,31,34). The van der Waals surface area contributed by atoms with Gasteiger partial charge in [0.2, 0.25) is 5.91 Å². The topological polar surface area (TPSA) is 104 Å². The highest BCUT2D eigenvalue weighted by molar-refractivity contribution is 6.31. The van der Waals surface area contributed by atoms with Crippen molar-refractivity contribution in [2.45, 2.75) is 19.4 Å². The van der Waals surface area contributed by atoms with E-state index >= 15 is 0 Å². The molecule has 190 valence electrons. The summed E-state index contributed by atoms with van der Waals surface area (Å²) in [6.45, 7) is 5.22. The third-order valence-electron chi connectivity index (χ3n) is 6.21. The second-order valence-electron chi connectivity index (χ2n) is 8.52. The van der Waals surface area contributed by atoms with Gasteiger partial charge in [-0.1, -0.05) is 23.7 Å². The number of ether oxygens (including phenoxy) is 2. The van der Waals surface area contributed by atoms with Gasteiger partial charge in [0.15, 0.2) is 11.6 Å². The molecule has 1 fully saturated rings. The van der Waals surface area contributed by atoms with E-state index in [1.54, 1.807) is 24.4 Å². The SMILES string of the molecule is CC(Oc1cc(-c2cccc(C(N)=O)c2CCN2CCOCC2)cnc1N)c1c(F)ccc(F)c1Cl. The van der Waals surface area contributed by atoms with Crippen molar-refractivity contribution in [3.63, 3.8) is 0 Å². The molecule has 1 saturated heterocycles. The number of benzene rings is 2. The molecule has 1 aromatic heterocycles. The molecule has 0 radical (unpaired) electrons. The van der Waals surface area contributed by atoms with Gasteiger partial charge in [0.05, 0.1) is 18.2 Å². The number of nitrogens with two attached hydrogens (primary N) is 2. The number of morpholine rings is 1. The second kappa shape index (κ2) is 11.2. The van der Waals surface area contributed by atoms with E-state index in [9.17, 15) is 13.6 Å². The highest BCUT2D eigenvalue weighted by Gasteiger charge is 2.22. The number of carbonyl (C=O) groups excluding carboxylic acids is 1. The normalized spacial score (nSPS) is 15.0. The van der Waals surface area contributed by atoms with Crippen LogP contribution in [-0.4, -0.2) is 48.6 Å². The number of amides is 1. The first-order valence-electron chi connectivity index (χ1n) is 11.5. The minimum Gasteiger partial charge on any atom is -0.482 e. The average Bonchev–Trinajstić information content (AvgIpc) is 2.87. The van der Waals surface area contributed by atoms with Gasteiger partial charge >= 0.3 is 0 Å². The summed E-state index contributed by atoms with van der Waals surface area (Å²) in [7, 11) is 0. The maximum atomic E-state index is 14.4. The minimum absolute atomic E-state index is 0.0689. The van der Waals surface area contributed by atoms with Gasteiger partial charge in [0.1, 0.15) is 17.7 Å². The van der Waals surface area contributed by atoms with Gasteiger partial charge in [0.25, 0.3) is 0 Å². The summed E-state index contributed by atoms with van der Waals surface area (Å²) >= 11 is 6.00. The maximum Gasteiger partial charge on any atom is 0.248 e. The third kappa shape index (κ3) is 5.59. The van der Waals surface area contributed by atoms with Crippen molar-refractivity contribution < 1.29 is 23.0 Å². The Morgan fingerprint density at radius 1 is 1.22 bits per heavy atom. The number of pyridine rings is 1. The zero-order valence-electron chi connectivity index (χ0n) is 19.8. The quantitative estimate of drug-likeness (QED) is 0.431. The van der Waals surface area contributed by atoms with Crippen molar-refractivity contribution in [1.82, 2.24) is 9.88 Å². The van der Waals surface area contributed by atoms with Gasteiger partial charge in [-0.15, -0.1) is 0 Å². The largest absolute Gasteiger partial charge is 0.482 e. The first-order valence-corrected chi connectivity index (χ1v) is 11.9. The third-order valence-corrected chi connectivity index (χ3v) is 6.59. The predicted octanol–water partition coefficient (Wildman–Crippen LogP) is 4.38. The summed E-state index contributed by atoms with van der Waals surface area (Å²) in [5.41, 5.74) is 14.2. The lowest BCUT2D eigenvalue weighted by Gasteiger charge is -2.27. The number of rotatable bonds is 8. The summed E-state index contributed by atoms with van der Waals surface area (Å²) < 4.78 is 39.6. The Bertz CT molecular complexity index is 1270. The fourth-order valence-corrected chi connectivity index (χ4v) is 4.62. The van der Waals surface area contributed by atoms with Crippen LogP contribution >= 0.6 is 11.6 Å². The summed E-state index contributed by atoms with van der Waals surface area (Å²) in [4.78, 5) is 18.7. The van der Waals surface area contributed by atoms with Crippen LogP contribution in [0.2, 0.25) is 5.02 Å². The van der Waals surface area contributed by atoms with Crippen molar-refractivity contribution in [3.8, 4) is 16.9 Å². The first kappa shape index (κ1) is 25.8. The van der Waals surface area contributed by atoms with Crippen LogP contribution in [0.15, 0.2) is 42.6 Å². The molecule has 0 saturated carbocycles. The maximum absolute atomic E-state index is 14.4. The van der Waals surface area contributed by atoms with Crippen LogP contribution in [0, 0.1) is 11.6 Å². The number of hydrogen-bond donors (Lipinski definition) is 2. The van der Waals surface area contributed by atoms with E-state index < -0.39 is 23.6 Å². The van der Waals surface area contributed by atoms with Gasteiger partial charge < -0.3 is 20.9 Å². The van der Waals surface area contributed by atoms with Crippen molar-refractivity contribution in [1.29, 1.82) is 0 Å². The van der Waals surface area contributed by atoms with Crippen LogP contribution in [-0.2, 0) is 11.2 Å². The lowest BCUT2D eigenvalue weighted by atomic mass is 9.93. The molecule has 1 amide bonds. The minimum atomic E-state index is -0.953. The molecule has 3 aromatic rings. The molecule has 4 N–H and O–H groups in total. The Balaban J connectivity index is 1.67. The zero-order valence-corrected chi connectivity index (χ0v) is 20.5. The highest BCUT2D eigenvalue weighted by Crippen LogP contribution is 2.36. The molecule has 2 aromatic carbocycles. The molecule has 1 unspecified atom stereocenters. The molecule has 10 heteroatoms. The molecule has 36 heavy (non-hydrogen) atoms. The van der Waals surface area contributed by atoms with Gasteiger partial charge in [-0.05, 0) is 48.7 Å². The Hall–Kier alpha value is -3.27. The molecule has 0 bridgehead atoms. The second-order valence-corrected chi connectivity index (χ2v) is 8.90. The van der Waals surface area contributed by atoms with Crippen LogP contribution in [0.4, 0.5) is 14.6 Å². The van der Waals surface area contributed by atoms with Crippen molar-refractivity contribution in [3.05, 3.63) is 75.9 Å².